The van der Waals surface area contributed by atoms with E-state index in [1.165, 1.54) is 5.56 Å². The van der Waals surface area contributed by atoms with E-state index >= 15 is 0 Å². The summed E-state index contributed by atoms with van der Waals surface area (Å²) in [6, 6.07) is 26.3. The van der Waals surface area contributed by atoms with Crippen LogP contribution in [0.2, 0.25) is 5.02 Å². The van der Waals surface area contributed by atoms with E-state index in [1.54, 1.807) is 11.3 Å². The van der Waals surface area contributed by atoms with Gasteiger partial charge in [-0.2, -0.15) is 0 Å². The SMILES string of the molecule is Cc1ccc(-c2cc(Nc3cccc(-c4csc(-c5ccccc5Cl)n4)c3)nc(C)n2)cc1. The van der Waals surface area contributed by atoms with Crippen molar-refractivity contribution in [2.24, 2.45) is 0 Å². The minimum atomic E-state index is 0.706. The highest BCUT2D eigenvalue weighted by atomic mass is 35.5. The van der Waals surface area contributed by atoms with Gasteiger partial charge < -0.3 is 5.32 Å². The summed E-state index contributed by atoms with van der Waals surface area (Å²) in [5.41, 5.74) is 7.01. The van der Waals surface area contributed by atoms with Crippen molar-refractivity contribution in [3.63, 3.8) is 0 Å². The molecule has 4 nitrogen and oxygen atoms in total. The minimum absolute atomic E-state index is 0.706. The normalized spacial score (nSPS) is 10.9. The van der Waals surface area contributed by atoms with E-state index in [0.29, 0.717) is 5.02 Å². The van der Waals surface area contributed by atoms with Crippen LogP contribution in [0.4, 0.5) is 11.5 Å². The summed E-state index contributed by atoms with van der Waals surface area (Å²) in [5.74, 6) is 1.47. The van der Waals surface area contributed by atoms with Gasteiger partial charge in [0.15, 0.2) is 0 Å². The van der Waals surface area contributed by atoms with Crippen LogP contribution in [-0.4, -0.2) is 15.0 Å². The molecule has 1 N–H and O–H groups in total. The van der Waals surface area contributed by atoms with Crippen LogP contribution in [0.1, 0.15) is 11.4 Å². The zero-order valence-corrected chi connectivity index (χ0v) is 19.8. The van der Waals surface area contributed by atoms with Crippen LogP contribution in [-0.2, 0) is 0 Å². The highest BCUT2D eigenvalue weighted by Gasteiger charge is 2.11. The first-order valence-corrected chi connectivity index (χ1v) is 11.8. The Labute approximate surface area is 202 Å². The summed E-state index contributed by atoms with van der Waals surface area (Å²) in [4.78, 5) is 14.0. The Kier molecular flexibility index (Phi) is 5.90. The van der Waals surface area contributed by atoms with E-state index < -0.39 is 0 Å². The molecular weight excluding hydrogens is 448 g/mol. The Balaban J connectivity index is 1.42. The maximum Gasteiger partial charge on any atom is 0.134 e. The molecule has 3 aromatic carbocycles. The van der Waals surface area contributed by atoms with E-state index in [0.717, 1.165) is 50.4 Å². The number of nitrogens with zero attached hydrogens (tertiary/aromatic N) is 3. The van der Waals surface area contributed by atoms with Crippen molar-refractivity contribution in [1.29, 1.82) is 0 Å². The van der Waals surface area contributed by atoms with Crippen LogP contribution >= 0.6 is 22.9 Å². The molecule has 33 heavy (non-hydrogen) atoms. The Morgan fingerprint density at radius 2 is 1.58 bits per heavy atom. The fourth-order valence-electron chi connectivity index (χ4n) is 3.57. The van der Waals surface area contributed by atoms with Gasteiger partial charge in [0, 0.05) is 33.8 Å². The second-order valence-corrected chi connectivity index (χ2v) is 9.04. The lowest BCUT2D eigenvalue weighted by atomic mass is 10.1. The highest BCUT2D eigenvalue weighted by molar-refractivity contribution is 7.13. The molecule has 2 aromatic heterocycles. The van der Waals surface area contributed by atoms with Gasteiger partial charge in [-0.3, -0.25) is 0 Å². The number of aromatic nitrogens is 3. The Morgan fingerprint density at radius 3 is 2.39 bits per heavy atom. The molecule has 0 fully saturated rings. The molecule has 0 spiro atoms. The van der Waals surface area contributed by atoms with Crippen molar-refractivity contribution in [2.75, 3.05) is 5.32 Å². The number of thiazole rings is 1. The summed E-state index contributed by atoms with van der Waals surface area (Å²) in [6.07, 6.45) is 0. The molecule has 0 radical (unpaired) electrons. The molecular formula is C27H21ClN4S. The van der Waals surface area contributed by atoms with Crippen molar-refractivity contribution in [2.45, 2.75) is 13.8 Å². The lowest BCUT2D eigenvalue weighted by Crippen LogP contribution is -1.99. The quantitative estimate of drug-likeness (QED) is 0.284. The van der Waals surface area contributed by atoms with Gasteiger partial charge in [0.1, 0.15) is 16.6 Å². The van der Waals surface area contributed by atoms with Gasteiger partial charge >= 0.3 is 0 Å². The van der Waals surface area contributed by atoms with Crippen LogP contribution in [0, 0.1) is 13.8 Å². The number of hydrogen-bond donors (Lipinski definition) is 1. The molecule has 6 heteroatoms. The van der Waals surface area contributed by atoms with Crippen LogP contribution in [0.15, 0.2) is 84.2 Å². The van der Waals surface area contributed by atoms with E-state index in [2.05, 4.69) is 64.0 Å². The van der Waals surface area contributed by atoms with Crippen LogP contribution in [0.25, 0.3) is 33.1 Å². The Hall–Kier alpha value is -3.54. The molecule has 5 rings (SSSR count). The molecule has 0 aliphatic carbocycles. The molecule has 162 valence electrons. The lowest BCUT2D eigenvalue weighted by molar-refractivity contribution is 1.06. The van der Waals surface area contributed by atoms with Gasteiger partial charge in [-0.1, -0.05) is 71.8 Å². The van der Waals surface area contributed by atoms with Gasteiger partial charge in [0.25, 0.3) is 0 Å². The first kappa shape index (κ1) is 21.3. The average molecular weight is 469 g/mol. The molecule has 0 saturated carbocycles. The van der Waals surface area contributed by atoms with Gasteiger partial charge in [-0.15, -0.1) is 11.3 Å². The summed E-state index contributed by atoms with van der Waals surface area (Å²) >= 11 is 7.94. The van der Waals surface area contributed by atoms with E-state index in [4.69, 9.17) is 16.6 Å². The molecule has 2 heterocycles. The number of rotatable bonds is 5. The van der Waals surface area contributed by atoms with Gasteiger partial charge in [0.2, 0.25) is 0 Å². The molecule has 0 aliphatic rings. The van der Waals surface area contributed by atoms with Crippen molar-refractivity contribution >= 4 is 34.4 Å². The molecule has 0 unspecified atom stereocenters. The Morgan fingerprint density at radius 1 is 0.758 bits per heavy atom. The van der Waals surface area contributed by atoms with Crippen molar-refractivity contribution in [1.82, 2.24) is 15.0 Å². The summed E-state index contributed by atoms with van der Waals surface area (Å²) in [5, 5.41) is 7.10. The summed E-state index contributed by atoms with van der Waals surface area (Å²) in [7, 11) is 0. The largest absolute Gasteiger partial charge is 0.340 e. The molecule has 5 aromatic rings. The highest BCUT2D eigenvalue weighted by Crippen LogP contribution is 2.34. The average Bonchev–Trinajstić information content (AvgIpc) is 3.30. The van der Waals surface area contributed by atoms with Gasteiger partial charge in [0.05, 0.1) is 16.4 Å². The fourth-order valence-corrected chi connectivity index (χ4v) is 4.72. The topological polar surface area (TPSA) is 50.7 Å². The lowest BCUT2D eigenvalue weighted by Gasteiger charge is -2.10. The van der Waals surface area contributed by atoms with Crippen molar-refractivity contribution in [3.05, 3.63) is 101 Å². The zero-order chi connectivity index (χ0) is 22.8. The van der Waals surface area contributed by atoms with Crippen molar-refractivity contribution < 1.29 is 0 Å². The first-order valence-electron chi connectivity index (χ1n) is 10.6. The third kappa shape index (κ3) is 4.80. The molecule has 0 aliphatic heterocycles. The molecule has 0 amide bonds. The van der Waals surface area contributed by atoms with Crippen molar-refractivity contribution in [3.8, 4) is 33.1 Å². The summed E-state index contributed by atoms with van der Waals surface area (Å²) in [6.45, 7) is 3.99. The maximum atomic E-state index is 6.35. The fraction of sp³-hybridized carbons (Fsp3) is 0.0741. The second-order valence-electron chi connectivity index (χ2n) is 7.78. The molecule has 0 bridgehead atoms. The predicted octanol–water partition coefficient (Wildman–Crippen LogP) is 7.95. The summed E-state index contributed by atoms with van der Waals surface area (Å²) < 4.78 is 0. The number of halogens is 1. The van der Waals surface area contributed by atoms with Gasteiger partial charge in [-0.25, -0.2) is 15.0 Å². The van der Waals surface area contributed by atoms with E-state index in [1.807, 2.05) is 49.4 Å². The van der Waals surface area contributed by atoms with Crippen LogP contribution in [0.3, 0.4) is 0 Å². The number of anilines is 2. The number of aryl methyl sites for hydroxylation is 2. The third-order valence-corrected chi connectivity index (χ3v) is 6.43. The second kappa shape index (κ2) is 9.14. The number of hydrogen-bond acceptors (Lipinski definition) is 5. The van der Waals surface area contributed by atoms with Crippen LogP contribution < -0.4 is 5.32 Å². The maximum absolute atomic E-state index is 6.35. The van der Waals surface area contributed by atoms with E-state index in [9.17, 15) is 0 Å². The van der Waals surface area contributed by atoms with Gasteiger partial charge in [-0.05, 0) is 32.0 Å². The smallest absolute Gasteiger partial charge is 0.134 e. The molecule has 0 atom stereocenters. The first-order chi connectivity index (χ1) is 16.0. The standard InChI is InChI=1S/C27H21ClN4S/c1-17-10-12-19(13-11-17)24-15-26(30-18(2)29-24)31-21-7-5-6-20(14-21)25-16-33-27(32-25)22-8-3-4-9-23(22)28/h3-16H,1-2H3,(H,29,30,31). The minimum Gasteiger partial charge on any atom is -0.340 e. The molecule has 0 saturated heterocycles. The number of nitrogens with one attached hydrogen (secondary N) is 1. The monoisotopic (exact) mass is 468 g/mol. The number of benzene rings is 3. The predicted molar refractivity (Wildman–Crippen MR) is 138 cm³/mol. The van der Waals surface area contributed by atoms with E-state index in [-0.39, 0.29) is 0 Å². The third-order valence-electron chi connectivity index (χ3n) is 5.22. The van der Waals surface area contributed by atoms with Crippen LogP contribution in [0.5, 0.6) is 0 Å². The Bertz CT molecular complexity index is 1430. The zero-order valence-electron chi connectivity index (χ0n) is 18.2.